The Hall–Kier alpha value is -2.11. The maximum Gasteiger partial charge on any atom is 0.255 e. The van der Waals surface area contributed by atoms with Crippen molar-refractivity contribution in [1.29, 1.82) is 0 Å². The van der Waals surface area contributed by atoms with E-state index in [1.54, 1.807) is 0 Å². The molecule has 3 fully saturated rings. The topological polar surface area (TPSA) is 77.7 Å². The van der Waals surface area contributed by atoms with Crippen LogP contribution >= 0.6 is 0 Å². The molecule has 0 radical (unpaired) electrons. The van der Waals surface area contributed by atoms with Crippen molar-refractivity contribution in [2.24, 2.45) is 11.8 Å². The Morgan fingerprint density at radius 3 is 2.85 bits per heavy atom. The average Bonchev–Trinajstić information content (AvgIpc) is 3.53. The predicted molar refractivity (Wildman–Crippen MR) is 98.0 cm³/mol. The van der Waals surface area contributed by atoms with Gasteiger partial charge in [-0.1, -0.05) is 13.3 Å². The number of aromatic amines is 2. The fraction of sp³-hybridized carbons (Fsp3) is 0.650. The SMILES string of the molecule is CCCc1[nH]ccc1C(=O)N1C[C@H](c2nc(C3CC3)n[nH]2)[C@@H](C2CC2)C1. The van der Waals surface area contributed by atoms with Crippen LogP contribution in [0.2, 0.25) is 0 Å². The maximum atomic E-state index is 13.2. The Bertz CT molecular complexity index is 801. The lowest BCUT2D eigenvalue weighted by atomic mass is 9.91. The van der Waals surface area contributed by atoms with Gasteiger partial charge in [0.2, 0.25) is 0 Å². The average molecular weight is 353 g/mol. The van der Waals surface area contributed by atoms with Gasteiger partial charge >= 0.3 is 0 Å². The number of nitrogens with one attached hydrogen (secondary N) is 2. The fourth-order valence-corrected chi connectivity index (χ4v) is 4.50. The Kier molecular flexibility index (Phi) is 3.87. The molecule has 6 nitrogen and oxygen atoms in total. The molecule has 2 aliphatic carbocycles. The molecule has 2 aromatic heterocycles. The van der Waals surface area contributed by atoms with E-state index in [-0.39, 0.29) is 5.91 Å². The molecule has 0 unspecified atom stereocenters. The van der Waals surface area contributed by atoms with E-state index in [1.807, 2.05) is 12.3 Å². The number of amides is 1. The van der Waals surface area contributed by atoms with E-state index in [9.17, 15) is 4.79 Å². The number of rotatable bonds is 6. The monoisotopic (exact) mass is 353 g/mol. The number of likely N-dealkylation sites (tertiary alicyclic amines) is 1. The summed E-state index contributed by atoms with van der Waals surface area (Å²) in [7, 11) is 0. The highest BCUT2D eigenvalue weighted by atomic mass is 16.2. The van der Waals surface area contributed by atoms with Crippen molar-refractivity contribution in [2.75, 3.05) is 13.1 Å². The highest BCUT2D eigenvalue weighted by Crippen LogP contribution is 2.47. The van der Waals surface area contributed by atoms with Gasteiger partial charge in [0.25, 0.3) is 5.91 Å². The van der Waals surface area contributed by atoms with Gasteiger partial charge in [0.15, 0.2) is 5.82 Å². The summed E-state index contributed by atoms with van der Waals surface area (Å²) < 4.78 is 0. The molecule has 2 saturated carbocycles. The van der Waals surface area contributed by atoms with Gasteiger partial charge in [0.05, 0.1) is 5.56 Å². The van der Waals surface area contributed by atoms with E-state index in [0.717, 1.165) is 54.8 Å². The van der Waals surface area contributed by atoms with Crippen LogP contribution in [0.3, 0.4) is 0 Å². The Balaban J connectivity index is 1.37. The van der Waals surface area contributed by atoms with Crippen LogP contribution < -0.4 is 0 Å². The van der Waals surface area contributed by atoms with Gasteiger partial charge < -0.3 is 9.88 Å². The van der Waals surface area contributed by atoms with Crippen molar-refractivity contribution in [1.82, 2.24) is 25.1 Å². The third kappa shape index (κ3) is 2.85. The standard InChI is InChI=1S/C20H27N5O/c1-2-3-17-14(8-9-21-17)20(26)25-10-15(12-4-5-12)16(11-25)19-22-18(23-24-19)13-6-7-13/h8-9,12-13,15-16,21H,2-7,10-11H2,1H3,(H,22,23,24)/t15-,16+/m1/s1. The number of aryl methyl sites for hydroxylation is 1. The van der Waals surface area contributed by atoms with E-state index < -0.39 is 0 Å². The van der Waals surface area contributed by atoms with Gasteiger partial charge in [0, 0.05) is 36.8 Å². The molecule has 1 amide bonds. The molecule has 6 heteroatoms. The van der Waals surface area contributed by atoms with Crippen LogP contribution in [0.4, 0.5) is 0 Å². The molecule has 3 heterocycles. The molecular formula is C20H27N5O. The number of hydrogen-bond donors (Lipinski definition) is 2. The van der Waals surface area contributed by atoms with E-state index in [0.29, 0.717) is 17.8 Å². The number of H-pyrrole nitrogens is 2. The van der Waals surface area contributed by atoms with Gasteiger partial charge in [-0.2, -0.15) is 5.10 Å². The van der Waals surface area contributed by atoms with Crippen LogP contribution in [0.25, 0.3) is 0 Å². The van der Waals surface area contributed by atoms with Crippen molar-refractivity contribution >= 4 is 5.91 Å². The first-order valence-electron chi connectivity index (χ1n) is 10.1. The molecule has 0 aromatic carbocycles. The van der Waals surface area contributed by atoms with Crippen LogP contribution in [-0.4, -0.2) is 44.1 Å². The summed E-state index contributed by atoms with van der Waals surface area (Å²) >= 11 is 0. The molecule has 2 N–H and O–H groups in total. The van der Waals surface area contributed by atoms with Crippen LogP contribution in [0, 0.1) is 11.8 Å². The van der Waals surface area contributed by atoms with Crippen molar-refractivity contribution in [3.05, 3.63) is 35.2 Å². The van der Waals surface area contributed by atoms with E-state index >= 15 is 0 Å². The summed E-state index contributed by atoms with van der Waals surface area (Å²) in [6.45, 7) is 3.76. The lowest BCUT2D eigenvalue weighted by molar-refractivity contribution is 0.0783. The Morgan fingerprint density at radius 1 is 1.27 bits per heavy atom. The summed E-state index contributed by atoms with van der Waals surface area (Å²) in [6.07, 6.45) is 8.86. The fourth-order valence-electron chi connectivity index (χ4n) is 4.50. The normalized spacial score (nSPS) is 25.8. The van der Waals surface area contributed by atoms with Gasteiger partial charge in [0.1, 0.15) is 5.82 Å². The van der Waals surface area contributed by atoms with Gasteiger partial charge in [-0.25, -0.2) is 4.98 Å². The smallest absolute Gasteiger partial charge is 0.255 e. The molecule has 3 aliphatic rings. The second-order valence-electron chi connectivity index (χ2n) is 8.29. The molecule has 5 rings (SSSR count). The summed E-state index contributed by atoms with van der Waals surface area (Å²) in [5, 5.41) is 7.65. The summed E-state index contributed by atoms with van der Waals surface area (Å²) in [4.78, 5) is 23.3. The van der Waals surface area contributed by atoms with Crippen molar-refractivity contribution < 1.29 is 4.79 Å². The van der Waals surface area contributed by atoms with Crippen LogP contribution in [0.15, 0.2) is 12.3 Å². The molecule has 1 aliphatic heterocycles. The number of nitrogens with zero attached hydrogens (tertiary/aromatic N) is 3. The minimum Gasteiger partial charge on any atom is -0.364 e. The Labute approximate surface area is 153 Å². The van der Waals surface area contributed by atoms with Gasteiger partial charge in [-0.05, 0) is 50.0 Å². The van der Waals surface area contributed by atoms with Gasteiger partial charge in [-0.15, -0.1) is 0 Å². The summed E-state index contributed by atoms with van der Waals surface area (Å²) in [5.74, 6) is 4.29. The minimum absolute atomic E-state index is 0.171. The number of aromatic nitrogens is 4. The number of carbonyl (C=O) groups excluding carboxylic acids is 1. The molecule has 2 atom stereocenters. The molecule has 138 valence electrons. The minimum atomic E-state index is 0.171. The number of hydrogen-bond acceptors (Lipinski definition) is 3. The highest BCUT2D eigenvalue weighted by Gasteiger charge is 2.46. The van der Waals surface area contributed by atoms with E-state index in [2.05, 4.69) is 27.0 Å². The zero-order valence-corrected chi connectivity index (χ0v) is 15.4. The van der Waals surface area contributed by atoms with E-state index in [4.69, 9.17) is 4.98 Å². The molecule has 1 saturated heterocycles. The predicted octanol–water partition coefficient (Wildman–Crippen LogP) is 3.23. The molecule has 0 spiro atoms. The maximum absolute atomic E-state index is 13.2. The lowest BCUT2D eigenvalue weighted by Gasteiger charge is -2.16. The summed E-state index contributed by atoms with van der Waals surface area (Å²) in [5.41, 5.74) is 1.91. The largest absolute Gasteiger partial charge is 0.364 e. The van der Waals surface area contributed by atoms with Crippen molar-refractivity contribution in [2.45, 2.75) is 57.3 Å². The number of carbonyl (C=O) groups is 1. The van der Waals surface area contributed by atoms with Crippen LogP contribution in [0.5, 0.6) is 0 Å². The molecule has 2 aromatic rings. The first kappa shape index (κ1) is 16.1. The second-order valence-corrected chi connectivity index (χ2v) is 8.29. The third-order valence-electron chi connectivity index (χ3n) is 6.26. The Morgan fingerprint density at radius 2 is 2.12 bits per heavy atom. The van der Waals surface area contributed by atoms with Gasteiger partial charge in [-0.3, -0.25) is 9.89 Å². The van der Waals surface area contributed by atoms with E-state index in [1.165, 1.54) is 25.7 Å². The molecular weight excluding hydrogens is 326 g/mol. The first-order chi connectivity index (χ1) is 12.7. The first-order valence-corrected chi connectivity index (χ1v) is 10.1. The molecule has 0 bridgehead atoms. The van der Waals surface area contributed by atoms with Crippen LogP contribution in [0.1, 0.15) is 78.6 Å². The highest BCUT2D eigenvalue weighted by molar-refractivity contribution is 5.95. The second kappa shape index (κ2) is 6.25. The quantitative estimate of drug-likeness (QED) is 0.837. The van der Waals surface area contributed by atoms with Crippen molar-refractivity contribution in [3.8, 4) is 0 Å². The van der Waals surface area contributed by atoms with Crippen molar-refractivity contribution in [3.63, 3.8) is 0 Å². The zero-order valence-electron chi connectivity index (χ0n) is 15.4. The zero-order chi connectivity index (χ0) is 17.7. The third-order valence-corrected chi connectivity index (χ3v) is 6.26. The van der Waals surface area contributed by atoms with Crippen LogP contribution in [-0.2, 0) is 6.42 Å². The lowest BCUT2D eigenvalue weighted by Crippen LogP contribution is -2.29. The molecule has 26 heavy (non-hydrogen) atoms. The summed E-state index contributed by atoms with van der Waals surface area (Å²) in [6, 6.07) is 1.94.